The Balaban J connectivity index is 3.08. The summed E-state index contributed by atoms with van der Waals surface area (Å²) in [5, 5.41) is 3.25. The summed E-state index contributed by atoms with van der Waals surface area (Å²) in [4.78, 5) is 4.12. The van der Waals surface area contributed by atoms with E-state index in [1.807, 2.05) is 27.7 Å². The van der Waals surface area contributed by atoms with Gasteiger partial charge in [0, 0.05) is 24.8 Å². The van der Waals surface area contributed by atoms with E-state index >= 15 is 0 Å². The molecule has 0 saturated heterocycles. The van der Waals surface area contributed by atoms with Crippen molar-refractivity contribution in [1.82, 2.24) is 14.6 Å². The van der Waals surface area contributed by atoms with Crippen molar-refractivity contribution in [1.29, 1.82) is 0 Å². The van der Waals surface area contributed by atoms with Gasteiger partial charge in [0.25, 0.3) is 10.0 Å². The number of hydrogen-bond donors (Lipinski definition) is 1. The molecule has 1 aromatic heterocycles. The van der Waals surface area contributed by atoms with Crippen LogP contribution in [0.3, 0.4) is 0 Å². The van der Waals surface area contributed by atoms with Crippen molar-refractivity contribution in [2.45, 2.75) is 44.8 Å². The number of rotatable bonds is 7. The maximum Gasteiger partial charge on any atom is 0.261 e. The van der Waals surface area contributed by atoms with Crippen LogP contribution in [0.1, 0.15) is 33.3 Å². The molecule has 0 aliphatic heterocycles. The molecule has 1 heterocycles. The first-order valence-electron chi connectivity index (χ1n) is 7.03. The molecule has 0 spiro atoms. The van der Waals surface area contributed by atoms with Crippen LogP contribution in [0, 0.1) is 0 Å². The van der Waals surface area contributed by atoms with Crippen LogP contribution in [0.25, 0.3) is 0 Å². The van der Waals surface area contributed by atoms with E-state index in [4.69, 9.17) is 0 Å². The summed E-state index contributed by atoms with van der Waals surface area (Å²) in [6.45, 7) is 13.0. The maximum absolute atomic E-state index is 12.7. The Hall–Kier alpha value is -1.24. The van der Waals surface area contributed by atoms with E-state index in [0.29, 0.717) is 6.54 Å². The first-order chi connectivity index (χ1) is 9.73. The maximum atomic E-state index is 12.7. The molecule has 0 saturated carbocycles. The minimum atomic E-state index is -3.63. The highest BCUT2D eigenvalue weighted by Crippen LogP contribution is 2.23. The molecule has 0 atom stereocenters. The Bertz CT molecular complexity index is 560. The third-order valence-corrected chi connectivity index (χ3v) is 5.02. The Morgan fingerprint density at radius 3 is 2.48 bits per heavy atom. The van der Waals surface area contributed by atoms with Crippen LogP contribution < -0.4 is 5.32 Å². The van der Waals surface area contributed by atoms with Crippen molar-refractivity contribution < 1.29 is 8.42 Å². The van der Waals surface area contributed by atoms with Crippen molar-refractivity contribution >= 4 is 10.0 Å². The predicted octanol–water partition coefficient (Wildman–Crippen LogP) is 2.17. The van der Waals surface area contributed by atoms with Crippen LogP contribution in [0.2, 0.25) is 0 Å². The molecule has 0 bridgehead atoms. The molecule has 1 rings (SSSR count). The van der Waals surface area contributed by atoms with E-state index in [0.717, 1.165) is 12.1 Å². The minimum Gasteiger partial charge on any atom is -0.313 e. The number of aromatic nitrogens is 1. The van der Waals surface area contributed by atoms with Gasteiger partial charge in [-0.15, -0.1) is 6.58 Å². The minimum absolute atomic E-state index is 0.0690. The number of nitrogens with one attached hydrogen (secondary N) is 1. The van der Waals surface area contributed by atoms with Crippen LogP contribution in [-0.4, -0.2) is 36.3 Å². The Kier molecular flexibility index (Phi) is 6.07. The van der Waals surface area contributed by atoms with E-state index in [1.54, 1.807) is 24.4 Å². The second kappa shape index (κ2) is 7.15. The van der Waals surface area contributed by atoms with E-state index in [-0.39, 0.29) is 11.6 Å². The van der Waals surface area contributed by atoms with Gasteiger partial charge < -0.3 is 5.32 Å². The fraction of sp³-hybridized carbons (Fsp3) is 0.533. The van der Waals surface area contributed by atoms with Crippen LogP contribution in [0.5, 0.6) is 0 Å². The lowest BCUT2D eigenvalue weighted by Gasteiger charge is -2.33. The van der Waals surface area contributed by atoms with Crippen molar-refractivity contribution in [2.75, 3.05) is 13.1 Å². The molecule has 0 radical (unpaired) electrons. The Morgan fingerprint density at radius 1 is 1.38 bits per heavy atom. The second-order valence-corrected chi connectivity index (χ2v) is 7.59. The molecule has 1 aromatic rings. The van der Waals surface area contributed by atoms with Crippen molar-refractivity contribution in [3.8, 4) is 0 Å². The molecule has 0 aliphatic carbocycles. The highest BCUT2D eigenvalue weighted by atomic mass is 32.2. The van der Waals surface area contributed by atoms with Crippen molar-refractivity contribution in [2.24, 2.45) is 0 Å². The highest BCUT2D eigenvalue weighted by Gasteiger charge is 2.33. The van der Waals surface area contributed by atoms with Gasteiger partial charge in [-0.1, -0.05) is 19.1 Å². The molecular formula is C15H25N3O2S. The highest BCUT2D eigenvalue weighted by molar-refractivity contribution is 7.89. The largest absolute Gasteiger partial charge is 0.313 e. The zero-order valence-electron chi connectivity index (χ0n) is 13.3. The van der Waals surface area contributed by atoms with Crippen LogP contribution >= 0.6 is 0 Å². The third kappa shape index (κ3) is 4.62. The summed E-state index contributed by atoms with van der Waals surface area (Å²) in [5.74, 6) is 0. The molecular weight excluding hydrogens is 286 g/mol. The van der Waals surface area contributed by atoms with E-state index in [2.05, 4.69) is 16.9 Å². The molecule has 0 unspecified atom stereocenters. The monoisotopic (exact) mass is 311 g/mol. The average Bonchev–Trinajstić information content (AvgIpc) is 2.41. The van der Waals surface area contributed by atoms with Gasteiger partial charge in [-0.2, -0.15) is 4.31 Å². The van der Waals surface area contributed by atoms with E-state index < -0.39 is 15.6 Å². The zero-order chi connectivity index (χ0) is 16.1. The molecule has 5 nitrogen and oxygen atoms in total. The van der Waals surface area contributed by atoms with Gasteiger partial charge in [0.2, 0.25) is 0 Å². The van der Waals surface area contributed by atoms with Crippen LogP contribution in [0.15, 0.2) is 36.0 Å². The van der Waals surface area contributed by atoms with Gasteiger partial charge in [-0.3, -0.25) is 0 Å². The lowest BCUT2D eigenvalue weighted by Crippen LogP contribution is -2.45. The average molecular weight is 311 g/mol. The first kappa shape index (κ1) is 17.8. The molecule has 0 fully saturated rings. The van der Waals surface area contributed by atoms with Crippen molar-refractivity contribution in [3.05, 3.63) is 36.5 Å². The molecule has 1 N–H and O–H groups in total. The number of nitrogens with zero attached hydrogens (tertiary/aromatic N) is 2. The summed E-state index contributed by atoms with van der Waals surface area (Å²) in [6, 6.07) is 3.35. The number of pyridine rings is 1. The quantitative estimate of drug-likeness (QED) is 0.784. The molecule has 0 amide bonds. The van der Waals surface area contributed by atoms with Gasteiger partial charge in [-0.25, -0.2) is 13.4 Å². The third-order valence-electron chi connectivity index (χ3n) is 2.97. The number of sulfonamides is 1. The smallest absolute Gasteiger partial charge is 0.261 e. The Morgan fingerprint density at radius 2 is 2.05 bits per heavy atom. The van der Waals surface area contributed by atoms with Gasteiger partial charge in [-0.05, 0) is 38.9 Å². The predicted molar refractivity (Wildman–Crippen MR) is 85.5 cm³/mol. The van der Waals surface area contributed by atoms with Gasteiger partial charge >= 0.3 is 0 Å². The van der Waals surface area contributed by atoms with Crippen LogP contribution in [0.4, 0.5) is 0 Å². The lowest BCUT2D eigenvalue weighted by molar-refractivity contribution is 0.269. The van der Waals surface area contributed by atoms with E-state index in [1.165, 1.54) is 4.31 Å². The number of hydrogen-bond acceptors (Lipinski definition) is 4. The molecule has 0 aliphatic rings. The Labute approximate surface area is 128 Å². The zero-order valence-corrected chi connectivity index (χ0v) is 14.1. The summed E-state index contributed by atoms with van der Waals surface area (Å²) in [6.07, 6.45) is 3.19. The van der Waals surface area contributed by atoms with Gasteiger partial charge in [0.1, 0.15) is 0 Å². The van der Waals surface area contributed by atoms with E-state index in [9.17, 15) is 8.42 Å². The fourth-order valence-electron chi connectivity index (χ4n) is 1.90. The van der Waals surface area contributed by atoms with Gasteiger partial charge in [0.05, 0.1) is 0 Å². The summed E-state index contributed by atoms with van der Waals surface area (Å²) in [5.41, 5.74) is 0.429. The normalized spacial score (nSPS) is 12.6. The fourth-order valence-corrected chi connectivity index (χ4v) is 3.57. The second-order valence-electron chi connectivity index (χ2n) is 5.78. The topological polar surface area (TPSA) is 62.3 Å². The molecule has 118 valence electrons. The van der Waals surface area contributed by atoms with Crippen molar-refractivity contribution in [3.63, 3.8) is 0 Å². The molecule has 6 heteroatoms. The first-order valence-corrected chi connectivity index (χ1v) is 8.47. The molecule has 0 aromatic carbocycles. The molecule has 21 heavy (non-hydrogen) atoms. The van der Waals surface area contributed by atoms with Crippen LogP contribution in [-0.2, 0) is 16.6 Å². The summed E-state index contributed by atoms with van der Waals surface area (Å²) >= 11 is 0. The van der Waals surface area contributed by atoms with Gasteiger partial charge in [0.15, 0.2) is 5.03 Å². The lowest BCUT2D eigenvalue weighted by atomic mass is 10.1. The standard InChI is InChI=1S/C15H25N3O2S/c1-6-10-18(15(3,4)5)21(19,20)14-9-8-13(12-17-14)11-16-7-2/h6,8-9,12,16H,1,7,10-11H2,2-5H3. The summed E-state index contributed by atoms with van der Waals surface area (Å²) in [7, 11) is -3.63. The SMILES string of the molecule is C=CCN(C(C)(C)C)S(=O)(=O)c1ccc(CNCC)cn1. The summed E-state index contributed by atoms with van der Waals surface area (Å²) < 4.78 is 26.8.